The molecule has 6 amide bonds. The molecule has 6 fully saturated rings. The highest BCUT2D eigenvalue weighted by molar-refractivity contribution is 5.88. The molecule has 12 aromatic rings. The maximum absolute atomic E-state index is 13.6. The molecule has 34 heteroatoms. The number of hydrogen-bond acceptors (Lipinski definition) is 22. The molecule has 0 spiro atoms. The number of carbonyl (C=O) groups is 6. The van der Waals surface area contributed by atoms with Crippen molar-refractivity contribution in [2.45, 2.75) is 245 Å². The fraction of sp³-hybridized carbons (Fsp3) is 0.444. The van der Waals surface area contributed by atoms with Gasteiger partial charge in [0.25, 0.3) is 0 Å². The maximum atomic E-state index is 13.6. The number of benzene rings is 6. The first-order chi connectivity index (χ1) is 68.5. The van der Waals surface area contributed by atoms with E-state index in [1.165, 1.54) is 49.3 Å². The van der Waals surface area contributed by atoms with Crippen molar-refractivity contribution in [2.24, 2.45) is 11.8 Å². The van der Waals surface area contributed by atoms with Crippen molar-refractivity contribution in [1.82, 2.24) is 101 Å². The van der Waals surface area contributed by atoms with Crippen molar-refractivity contribution in [3.8, 4) is 101 Å². The Balaban J connectivity index is 0.000000144. The van der Waals surface area contributed by atoms with E-state index in [0.29, 0.717) is 99.1 Å². The molecule has 6 saturated heterocycles. The van der Waals surface area contributed by atoms with Gasteiger partial charge in [0.2, 0.25) is 11.8 Å². The van der Waals surface area contributed by atoms with E-state index < -0.39 is 35.5 Å². The van der Waals surface area contributed by atoms with Crippen molar-refractivity contribution in [2.75, 3.05) is 53.5 Å². The molecule has 0 aliphatic carbocycles. The van der Waals surface area contributed by atoms with Crippen molar-refractivity contribution in [3.63, 3.8) is 0 Å². The van der Waals surface area contributed by atoms with E-state index in [1.54, 1.807) is 22.2 Å². The van der Waals surface area contributed by atoms with Crippen LogP contribution in [-0.2, 0) is 77.7 Å². The second-order valence-electron chi connectivity index (χ2n) is 40.7. The molecule has 746 valence electrons. The first-order valence-corrected chi connectivity index (χ1v) is 49.8. The summed E-state index contributed by atoms with van der Waals surface area (Å²) in [6.45, 7) is 24.9. The first kappa shape index (κ1) is 98.5. The van der Waals surface area contributed by atoms with Gasteiger partial charge in [-0.3, -0.25) is 19.4 Å². The predicted octanol–water partition coefficient (Wildman–Crippen LogP) is 18.5. The molecule has 8 atom stereocenters. The number of rotatable bonds is 21. The number of fused-ring (bicyclic) bond motifs is 6. The average molecular weight is 1930 g/mol. The minimum absolute atomic E-state index is 0.115. The van der Waals surface area contributed by atoms with Gasteiger partial charge in [-0.25, -0.2) is 49.1 Å². The lowest BCUT2D eigenvalue weighted by molar-refractivity contribution is -0.136. The molecule has 2 unspecified atom stereocenters. The Labute approximate surface area is 826 Å². The molecule has 8 aliphatic rings. The molecule has 12 N–H and O–H groups in total. The van der Waals surface area contributed by atoms with E-state index in [9.17, 15) is 39.0 Å². The first-order valence-electron chi connectivity index (χ1n) is 49.8. The number of amides is 6. The Morgan fingerprint density at radius 1 is 0.373 bits per heavy atom. The summed E-state index contributed by atoms with van der Waals surface area (Å²) in [7, 11) is 2.58. The number of nitrogens with zero attached hydrogens (tertiary/aromatic N) is 10. The topological polar surface area (TPSA) is 431 Å². The van der Waals surface area contributed by atoms with Gasteiger partial charge in [-0.05, 0) is 280 Å². The molecule has 0 saturated carbocycles. The summed E-state index contributed by atoms with van der Waals surface area (Å²) < 4.78 is 33.1. The van der Waals surface area contributed by atoms with Gasteiger partial charge in [0.05, 0.1) is 161 Å². The monoisotopic (exact) mass is 1930 g/mol. The second-order valence-corrected chi connectivity index (χ2v) is 40.7. The summed E-state index contributed by atoms with van der Waals surface area (Å²) in [5.41, 5.74) is 22.3. The number of aliphatic hydroxyl groups excluding tert-OH is 2. The van der Waals surface area contributed by atoms with Crippen molar-refractivity contribution in [3.05, 3.63) is 215 Å². The molecule has 34 nitrogen and oxygen atoms in total. The standard InChI is InChI=1S/C42H52N8O7.C38H48N6O6.C28H30N6O/c1-23(2)35(47-41(53)55-5)39(51)49-15-7-9-33(49)37-43-19-31(45-37)25-11-13-29-27(17-25)21-57-22-28-18-26(12-14-30(28)29)32-20-44-38(46-32)34-10-8-16-50(34)40(52)36(24(3)4)48-42(54)56-6;1-37(2,3)49-35(47)43-15-7-9-31(43)33-39-19-29(41-33)23-11-13-27(25(17-23)21-45)28-14-12-24(18-26(28)22-46)30-20-40-34(42-30)32-10-8-16-44(32)36(48)50-38(4,5)6;1-3-23(29-9-1)27-31-13-25(33-27)17-5-7-21-19(11-17)15-35-16-20-12-18(6-8-22(20)21)26-14-32-28(34-26)24-4-2-10-30-24/h11-14,17-20,23-24,33-36H,7-10,15-16,21-22H2,1-6H3,(H,43,45)(H,44,46)(H,47,53)(H,48,54);11-14,17-20,31-32,45-46H,7-10,15-16,21-22H2,1-6H3,(H,39,41)(H,40,42);5-8,11-14,23-24,29-30H,1-4,9-10,15-16H2,(H,31,33)(H,32,34)/t33-,34-,35?,36?;31-,32-;23-,24-/m000/s1. The van der Waals surface area contributed by atoms with E-state index in [1.807, 2.05) is 140 Å². The highest BCUT2D eigenvalue weighted by Crippen LogP contribution is 2.45. The summed E-state index contributed by atoms with van der Waals surface area (Å²) >= 11 is 0. The molecule has 0 radical (unpaired) electrons. The number of ether oxygens (including phenoxy) is 6. The lowest BCUT2D eigenvalue weighted by Gasteiger charge is -2.30. The number of likely N-dealkylation sites (tertiary alicyclic amines) is 4. The Morgan fingerprint density at radius 2 is 0.641 bits per heavy atom. The molecule has 142 heavy (non-hydrogen) atoms. The van der Waals surface area contributed by atoms with Crippen LogP contribution in [0.3, 0.4) is 0 Å². The van der Waals surface area contributed by atoms with Crippen LogP contribution in [-0.4, -0.2) is 203 Å². The Morgan fingerprint density at radius 3 is 0.908 bits per heavy atom. The largest absolute Gasteiger partial charge is 0.453 e. The number of nitrogens with one attached hydrogen (secondary N) is 10. The summed E-state index contributed by atoms with van der Waals surface area (Å²) in [5.74, 6) is 4.37. The summed E-state index contributed by atoms with van der Waals surface area (Å²) in [4.78, 5) is 133. The van der Waals surface area contributed by atoms with Gasteiger partial charge in [-0.1, -0.05) is 100 Å². The second kappa shape index (κ2) is 42.6. The minimum atomic E-state index is -0.699. The fourth-order valence-corrected chi connectivity index (χ4v) is 20.8. The van der Waals surface area contributed by atoms with Crippen LogP contribution in [0.25, 0.3) is 101 Å². The van der Waals surface area contributed by atoms with Gasteiger partial charge in [-0.15, -0.1) is 0 Å². The Hall–Kier alpha value is -13.6. The van der Waals surface area contributed by atoms with E-state index >= 15 is 0 Å². The average Bonchev–Trinajstić information content (AvgIpc) is 1.57. The Kier molecular flexibility index (Phi) is 29.6. The zero-order valence-electron chi connectivity index (χ0n) is 82.9. The van der Waals surface area contributed by atoms with E-state index in [-0.39, 0.29) is 73.2 Å². The van der Waals surface area contributed by atoms with Crippen LogP contribution < -0.4 is 21.3 Å². The van der Waals surface area contributed by atoms with Crippen molar-refractivity contribution < 1.29 is 67.4 Å². The van der Waals surface area contributed by atoms with Gasteiger partial charge < -0.3 is 99.6 Å². The van der Waals surface area contributed by atoms with E-state index in [2.05, 4.69) is 144 Å². The number of H-pyrrole nitrogens is 6. The SMILES string of the molecule is CC(C)(C)OC(=O)N1CCC[C@H]1c1ncc(-c2ccc(-c3ccc(-c4cnc([C@@H]5CCCN5C(=O)OC(C)(C)C)[nH]4)cc3CO)c(CO)c2)[nH]1.COC(=O)NC(C(=O)N1CCC[C@H]1c1ncc(-c2ccc3c(c2)COCc2cc(-c4cnc([C@@H]5CCCN5C(=O)C(NC(=O)OC)C(C)C)[nH]4)ccc2-3)[nH]1)C(C)C.c1cc2c(cc1-c1cnc([C@@H]3CCCN3)[nH]1)COCc1cc(-c3cnc([C@@H]4CCCN4)[nH]3)ccc1-2. The van der Waals surface area contributed by atoms with Gasteiger partial charge in [0, 0.05) is 26.2 Å². The van der Waals surface area contributed by atoms with Gasteiger partial charge >= 0.3 is 24.4 Å². The van der Waals surface area contributed by atoms with Crippen LogP contribution in [0.15, 0.2) is 146 Å². The van der Waals surface area contributed by atoms with Crippen LogP contribution in [0, 0.1) is 11.8 Å². The summed E-state index contributed by atoms with van der Waals surface area (Å²) in [6, 6.07) is 36.0. The number of methoxy groups -OCH3 is 2. The minimum Gasteiger partial charge on any atom is -0.453 e. The number of aromatic nitrogens is 12. The van der Waals surface area contributed by atoms with Gasteiger partial charge in [-0.2, -0.15) is 0 Å². The van der Waals surface area contributed by atoms with Crippen molar-refractivity contribution in [1.29, 1.82) is 0 Å². The highest BCUT2D eigenvalue weighted by atomic mass is 16.6. The zero-order valence-corrected chi connectivity index (χ0v) is 82.9. The highest BCUT2D eigenvalue weighted by Gasteiger charge is 2.42. The molecule has 6 aromatic heterocycles. The molecule has 14 heterocycles. The van der Waals surface area contributed by atoms with Crippen LogP contribution in [0.1, 0.15) is 251 Å². The van der Waals surface area contributed by atoms with Crippen molar-refractivity contribution >= 4 is 36.2 Å². The normalized spacial score (nSPS) is 19.3. The van der Waals surface area contributed by atoms with Crippen LogP contribution >= 0.6 is 0 Å². The molecule has 6 aromatic carbocycles. The maximum Gasteiger partial charge on any atom is 0.410 e. The number of aliphatic hydroxyl groups is 2. The third-order valence-corrected chi connectivity index (χ3v) is 28.0. The predicted molar refractivity (Wildman–Crippen MR) is 535 cm³/mol. The lowest BCUT2D eigenvalue weighted by atomic mass is 9.92. The Bertz CT molecular complexity index is 6170. The number of carbonyl (C=O) groups excluding carboxylic acids is 6. The number of hydrogen-bond donors (Lipinski definition) is 12. The third-order valence-electron chi connectivity index (χ3n) is 28.0. The summed E-state index contributed by atoms with van der Waals surface area (Å²) in [6.07, 6.45) is 20.3. The fourth-order valence-electron chi connectivity index (χ4n) is 20.8. The molecule has 20 rings (SSSR count). The summed E-state index contributed by atoms with van der Waals surface area (Å²) in [5, 5.41) is 33.3. The molecule has 8 aliphatic heterocycles. The molecular formula is C108H130N20O14. The van der Waals surface area contributed by atoms with Gasteiger partial charge in [0.1, 0.15) is 58.2 Å². The third kappa shape index (κ3) is 21.7. The number of imidazole rings is 6. The van der Waals surface area contributed by atoms with E-state index in [0.717, 1.165) is 190 Å². The van der Waals surface area contributed by atoms with E-state index in [4.69, 9.17) is 38.4 Å². The molecule has 0 bridgehead atoms. The zero-order chi connectivity index (χ0) is 99.4. The molecular weight excluding hydrogens is 1800 g/mol. The van der Waals surface area contributed by atoms with Crippen LogP contribution in [0.2, 0.25) is 0 Å². The number of alkyl carbamates (subject to hydrolysis) is 2. The lowest BCUT2D eigenvalue weighted by Crippen LogP contribution is -2.51. The van der Waals surface area contributed by atoms with Crippen LogP contribution in [0.4, 0.5) is 19.2 Å². The smallest absolute Gasteiger partial charge is 0.410 e. The number of aromatic amines is 6. The quantitative estimate of drug-likeness (QED) is 0.0297. The van der Waals surface area contributed by atoms with Gasteiger partial charge in [0.15, 0.2) is 0 Å². The van der Waals surface area contributed by atoms with Crippen LogP contribution in [0.5, 0.6) is 0 Å².